The van der Waals surface area contributed by atoms with E-state index in [-0.39, 0.29) is 12.5 Å². The molecule has 2 aromatic rings. The minimum absolute atomic E-state index is 0.0183. The summed E-state index contributed by atoms with van der Waals surface area (Å²) < 4.78 is 12.1. The summed E-state index contributed by atoms with van der Waals surface area (Å²) in [5.41, 5.74) is 3.43. The fraction of sp³-hybridized carbons (Fsp3) is 0.261. The number of hydrogen-bond donors (Lipinski definition) is 0. The molecule has 0 saturated heterocycles. The first-order valence-electron chi connectivity index (χ1n) is 9.26. The number of carbonyl (C=O) groups excluding carboxylic acids is 1. The topological polar surface area (TPSA) is 38.8 Å². The van der Waals surface area contributed by atoms with Crippen molar-refractivity contribution in [3.8, 4) is 23.8 Å². The number of terminal acetylenes is 1. The Balaban J connectivity index is 2.06. The number of halogens is 1. The molecule has 144 valence electrons. The van der Waals surface area contributed by atoms with E-state index in [1.807, 2.05) is 54.3 Å². The van der Waals surface area contributed by atoms with E-state index in [0.29, 0.717) is 30.2 Å². The summed E-state index contributed by atoms with van der Waals surface area (Å²) in [6.45, 7) is 5.31. The molecule has 1 amide bonds. The zero-order chi connectivity index (χ0) is 20.1. The number of fused-ring (bicyclic) bond motifs is 1. The summed E-state index contributed by atoms with van der Waals surface area (Å²) in [6, 6.07) is 11.7. The normalized spacial score (nSPS) is 14.1. The van der Waals surface area contributed by atoms with Crippen LogP contribution in [0.2, 0.25) is 0 Å². The summed E-state index contributed by atoms with van der Waals surface area (Å²) in [7, 11) is 0. The van der Waals surface area contributed by atoms with Crippen LogP contribution in [-0.4, -0.2) is 25.7 Å². The highest BCUT2D eigenvalue weighted by Crippen LogP contribution is 2.41. The SMILES string of the molecule is C#CCOc1c(Br)cc(/C=C2\C(=O)N(CCC)c3ccccc32)cc1OCC. The van der Waals surface area contributed by atoms with Gasteiger partial charge in [0.2, 0.25) is 0 Å². The molecule has 0 saturated carbocycles. The Morgan fingerprint density at radius 1 is 1.21 bits per heavy atom. The number of rotatable bonds is 7. The maximum atomic E-state index is 13.0. The second kappa shape index (κ2) is 8.99. The van der Waals surface area contributed by atoms with Crippen molar-refractivity contribution in [3.63, 3.8) is 0 Å². The van der Waals surface area contributed by atoms with Gasteiger partial charge in [0, 0.05) is 17.7 Å². The average molecular weight is 440 g/mol. The van der Waals surface area contributed by atoms with Crippen molar-refractivity contribution in [2.45, 2.75) is 20.3 Å². The van der Waals surface area contributed by atoms with Crippen LogP contribution in [0, 0.1) is 12.3 Å². The van der Waals surface area contributed by atoms with Crippen LogP contribution in [0.1, 0.15) is 31.4 Å². The van der Waals surface area contributed by atoms with Crippen molar-refractivity contribution >= 4 is 39.2 Å². The van der Waals surface area contributed by atoms with Gasteiger partial charge in [-0.2, -0.15) is 0 Å². The predicted octanol–water partition coefficient (Wildman–Crippen LogP) is 5.16. The number of para-hydroxylation sites is 1. The molecule has 1 aliphatic rings. The van der Waals surface area contributed by atoms with Crippen LogP contribution in [-0.2, 0) is 4.79 Å². The Kier molecular flexibility index (Phi) is 6.43. The van der Waals surface area contributed by atoms with Gasteiger partial charge in [0.15, 0.2) is 11.5 Å². The van der Waals surface area contributed by atoms with Gasteiger partial charge in [-0.25, -0.2) is 0 Å². The van der Waals surface area contributed by atoms with Crippen LogP contribution in [0.5, 0.6) is 11.5 Å². The van der Waals surface area contributed by atoms with Gasteiger partial charge in [0.25, 0.3) is 5.91 Å². The molecule has 0 fully saturated rings. The van der Waals surface area contributed by atoms with E-state index in [2.05, 4.69) is 28.8 Å². The summed E-state index contributed by atoms with van der Waals surface area (Å²) in [5, 5.41) is 0. The predicted molar refractivity (Wildman–Crippen MR) is 117 cm³/mol. The van der Waals surface area contributed by atoms with E-state index in [0.717, 1.165) is 27.7 Å². The van der Waals surface area contributed by atoms with Crippen molar-refractivity contribution in [1.82, 2.24) is 0 Å². The standard InChI is InChI=1S/C23H22BrNO3/c1-4-11-25-20-10-8-7-9-17(20)18(23(25)26)13-16-14-19(24)22(28-12-5-2)21(15-16)27-6-3/h2,7-10,13-15H,4,6,11-12H2,1,3H3/b18-13-. The molecule has 1 heterocycles. The third-order valence-corrected chi connectivity index (χ3v) is 4.94. The van der Waals surface area contributed by atoms with Crippen LogP contribution in [0.4, 0.5) is 5.69 Å². The minimum atomic E-state index is 0.0183. The largest absolute Gasteiger partial charge is 0.490 e. The van der Waals surface area contributed by atoms with Gasteiger partial charge in [0.1, 0.15) is 6.61 Å². The smallest absolute Gasteiger partial charge is 0.258 e. The summed E-state index contributed by atoms with van der Waals surface area (Å²) >= 11 is 3.53. The Bertz CT molecular complexity index is 959. The molecule has 4 nitrogen and oxygen atoms in total. The average Bonchev–Trinajstić information content (AvgIpc) is 2.94. The number of amides is 1. The van der Waals surface area contributed by atoms with Crippen LogP contribution >= 0.6 is 15.9 Å². The molecule has 0 aliphatic carbocycles. The fourth-order valence-electron chi connectivity index (χ4n) is 3.25. The van der Waals surface area contributed by atoms with E-state index >= 15 is 0 Å². The minimum Gasteiger partial charge on any atom is -0.490 e. The Morgan fingerprint density at radius 3 is 2.71 bits per heavy atom. The lowest BCUT2D eigenvalue weighted by atomic mass is 10.0. The van der Waals surface area contributed by atoms with E-state index in [4.69, 9.17) is 15.9 Å². The van der Waals surface area contributed by atoms with Crippen LogP contribution < -0.4 is 14.4 Å². The molecule has 0 spiro atoms. The summed E-state index contributed by atoms with van der Waals surface area (Å²) in [6.07, 6.45) is 8.10. The molecule has 0 radical (unpaired) electrons. The second-order valence-corrected chi connectivity index (χ2v) is 7.14. The molecule has 2 aromatic carbocycles. The second-order valence-electron chi connectivity index (χ2n) is 6.29. The zero-order valence-corrected chi connectivity index (χ0v) is 17.6. The van der Waals surface area contributed by atoms with Gasteiger partial charge >= 0.3 is 0 Å². The number of benzene rings is 2. The number of anilines is 1. The molecule has 3 rings (SSSR count). The third-order valence-electron chi connectivity index (χ3n) is 4.35. The Hall–Kier alpha value is -2.71. The van der Waals surface area contributed by atoms with E-state index < -0.39 is 0 Å². The maximum absolute atomic E-state index is 13.0. The van der Waals surface area contributed by atoms with Crippen molar-refractivity contribution in [1.29, 1.82) is 0 Å². The van der Waals surface area contributed by atoms with E-state index in [1.54, 1.807) is 0 Å². The van der Waals surface area contributed by atoms with E-state index in [9.17, 15) is 4.79 Å². The first-order chi connectivity index (χ1) is 13.6. The molecule has 1 aliphatic heterocycles. The first kappa shape index (κ1) is 20.0. The fourth-order valence-corrected chi connectivity index (χ4v) is 3.82. The highest BCUT2D eigenvalue weighted by Gasteiger charge is 2.31. The highest BCUT2D eigenvalue weighted by molar-refractivity contribution is 9.10. The van der Waals surface area contributed by atoms with Crippen molar-refractivity contribution in [2.75, 3.05) is 24.7 Å². The monoisotopic (exact) mass is 439 g/mol. The van der Waals surface area contributed by atoms with Gasteiger partial charge in [0.05, 0.1) is 16.8 Å². The lowest BCUT2D eigenvalue weighted by Crippen LogP contribution is -2.26. The number of ether oxygens (including phenoxy) is 2. The van der Waals surface area contributed by atoms with E-state index in [1.165, 1.54) is 0 Å². The van der Waals surface area contributed by atoms with Gasteiger partial charge in [-0.3, -0.25) is 4.79 Å². The molecule has 5 heteroatoms. The van der Waals surface area contributed by atoms with Crippen molar-refractivity contribution in [2.24, 2.45) is 0 Å². The molecule has 0 bridgehead atoms. The highest BCUT2D eigenvalue weighted by atomic mass is 79.9. The molecular weight excluding hydrogens is 418 g/mol. The molecule has 0 atom stereocenters. The molecule has 0 N–H and O–H groups in total. The third kappa shape index (κ3) is 3.93. The van der Waals surface area contributed by atoms with Crippen molar-refractivity contribution in [3.05, 3.63) is 52.0 Å². The number of carbonyl (C=O) groups is 1. The summed E-state index contributed by atoms with van der Waals surface area (Å²) in [5.74, 6) is 3.63. The quantitative estimate of drug-likeness (QED) is 0.441. The lowest BCUT2D eigenvalue weighted by Gasteiger charge is -2.15. The Labute approximate surface area is 174 Å². The molecule has 0 aromatic heterocycles. The first-order valence-corrected chi connectivity index (χ1v) is 10.1. The molecule has 28 heavy (non-hydrogen) atoms. The van der Waals surface area contributed by atoms with Gasteiger partial charge < -0.3 is 14.4 Å². The van der Waals surface area contributed by atoms with Crippen LogP contribution in [0.15, 0.2) is 40.9 Å². The zero-order valence-electron chi connectivity index (χ0n) is 16.0. The van der Waals surface area contributed by atoms with Gasteiger partial charge in [-0.15, -0.1) is 6.42 Å². The maximum Gasteiger partial charge on any atom is 0.258 e. The van der Waals surface area contributed by atoms with Crippen LogP contribution in [0.3, 0.4) is 0 Å². The number of nitrogens with zero attached hydrogens (tertiary/aromatic N) is 1. The lowest BCUT2D eigenvalue weighted by molar-refractivity contribution is -0.113. The summed E-state index contributed by atoms with van der Waals surface area (Å²) in [4.78, 5) is 14.9. The molecule has 0 unspecified atom stereocenters. The van der Waals surface area contributed by atoms with Crippen LogP contribution in [0.25, 0.3) is 11.6 Å². The van der Waals surface area contributed by atoms with Gasteiger partial charge in [-0.05, 0) is 59.1 Å². The van der Waals surface area contributed by atoms with Crippen molar-refractivity contribution < 1.29 is 14.3 Å². The van der Waals surface area contributed by atoms with Gasteiger partial charge in [-0.1, -0.05) is 31.0 Å². The number of hydrogen-bond acceptors (Lipinski definition) is 3. The molecular formula is C23H22BrNO3. The Morgan fingerprint density at radius 2 is 2.00 bits per heavy atom.